The number of carbonyl (C=O) groups excluding carboxylic acids is 2. The van der Waals surface area contributed by atoms with Gasteiger partial charge in [0.15, 0.2) is 12.1 Å². The van der Waals surface area contributed by atoms with Crippen LogP contribution in [0.1, 0.15) is 117 Å². The fourth-order valence-corrected chi connectivity index (χ4v) is 4.24. The van der Waals surface area contributed by atoms with Crippen LogP contribution >= 0.6 is 0 Å². The fourth-order valence-electron chi connectivity index (χ4n) is 4.24. The summed E-state index contributed by atoms with van der Waals surface area (Å²) < 4.78 is 16.6. The van der Waals surface area contributed by atoms with Crippen molar-refractivity contribution in [1.29, 1.82) is 0 Å². The highest BCUT2D eigenvalue weighted by atomic mass is 16.6. The predicted molar refractivity (Wildman–Crippen MR) is 155 cm³/mol. The number of unbranched alkanes of at least 4 members (excludes halogenated alkanes) is 11. The number of carboxylic acids is 1. The first-order valence-electron chi connectivity index (χ1n) is 15.2. The van der Waals surface area contributed by atoms with Crippen molar-refractivity contribution in [3.63, 3.8) is 0 Å². The molecule has 1 N–H and O–H groups in total. The third-order valence-electron chi connectivity index (χ3n) is 6.72. The van der Waals surface area contributed by atoms with E-state index in [2.05, 4.69) is 19.1 Å². The number of allylic oxidation sites excluding steroid dienone is 2. The zero-order valence-corrected chi connectivity index (χ0v) is 25.6. The molecule has 0 aromatic carbocycles. The molecule has 0 radical (unpaired) electrons. The molecule has 0 amide bonds. The van der Waals surface area contributed by atoms with E-state index in [1.807, 2.05) is 21.1 Å². The number of rotatable bonds is 26. The van der Waals surface area contributed by atoms with Gasteiger partial charge in [-0.25, -0.2) is 4.79 Å². The molecule has 39 heavy (non-hydrogen) atoms. The topological polar surface area (TPSA) is 99.1 Å². The van der Waals surface area contributed by atoms with Gasteiger partial charge in [0.1, 0.15) is 6.61 Å². The highest BCUT2D eigenvalue weighted by molar-refractivity contribution is 5.72. The van der Waals surface area contributed by atoms with Crippen LogP contribution in [-0.2, 0) is 28.6 Å². The molecular formula is C31H58NO7+. The van der Waals surface area contributed by atoms with Crippen molar-refractivity contribution >= 4 is 17.9 Å². The van der Waals surface area contributed by atoms with E-state index in [9.17, 15) is 19.5 Å². The fraction of sp³-hybridized carbons (Fsp3) is 0.839. The minimum atomic E-state index is -0.883. The van der Waals surface area contributed by atoms with E-state index in [0.29, 0.717) is 12.8 Å². The third kappa shape index (κ3) is 22.6. The van der Waals surface area contributed by atoms with Gasteiger partial charge in [-0.15, -0.1) is 0 Å². The first-order valence-corrected chi connectivity index (χ1v) is 15.2. The van der Waals surface area contributed by atoms with Crippen molar-refractivity contribution in [2.24, 2.45) is 0 Å². The molecular weight excluding hydrogens is 498 g/mol. The Bertz CT molecular complexity index is 672. The Hall–Kier alpha value is -1.93. The van der Waals surface area contributed by atoms with E-state index in [1.165, 1.54) is 51.4 Å². The monoisotopic (exact) mass is 556 g/mol. The van der Waals surface area contributed by atoms with E-state index >= 15 is 0 Å². The molecule has 0 saturated carbocycles. The molecule has 8 heteroatoms. The lowest BCUT2D eigenvalue weighted by atomic mass is 10.1. The van der Waals surface area contributed by atoms with Gasteiger partial charge in [-0.05, 0) is 32.1 Å². The Morgan fingerprint density at radius 3 is 1.87 bits per heavy atom. The predicted octanol–water partition coefficient (Wildman–Crippen LogP) is 6.46. The molecule has 0 aromatic heterocycles. The molecule has 0 aliphatic heterocycles. The minimum absolute atomic E-state index is 0.0542. The van der Waals surface area contributed by atoms with Gasteiger partial charge >= 0.3 is 17.9 Å². The molecule has 2 unspecified atom stereocenters. The van der Waals surface area contributed by atoms with E-state index in [0.717, 1.165) is 32.1 Å². The number of quaternary nitrogens is 1. The first-order chi connectivity index (χ1) is 18.6. The summed E-state index contributed by atoms with van der Waals surface area (Å²) in [4.78, 5) is 35.4. The van der Waals surface area contributed by atoms with Gasteiger partial charge < -0.3 is 23.8 Å². The van der Waals surface area contributed by atoms with Gasteiger partial charge in [0, 0.05) is 19.3 Å². The number of esters is 2. The van der Waals surface area contributed by atoms with Crippen LogP contribution in [0, 0.1) is 0 Å². The van der Waals surface area contributed by atoms with Crippen LogP contribution in [0.2, 0.25) is 0 Å². The average molecular weight is 557 g/mol. The van der Waals surface area contributed by atoms with Crippen LogP contribution < -0.4 is 0 Å². The second-order valence-electron chi connectivity index (χ2n) is 11.3. The lowest BCUT2D eigenvalue weighted by Crippen LogP contribution is -2.50. The Kier molecular flexibility index (Phi) is 22.7. The average Bonchev–Trinajstić information content (AvgIpc) is 2.87. The Morgan fingerprint density at radius 2 is 1.33 bits per heavy atom. The molecule has 0 saturated heterocycles. The van der Waals surface area contributed by atoms with Crippen molar-refractivity contribution in [3.05, 3.63) is 12.2 Å². The molecule has 2 atom stereocenters. The van der Waals surface area contributed by atoms with Crippen molar-refractivity contribution in [2.75, 3.05) is 41.0 Å². The number of hydrogen-bond acceptors (Lipinski definition) is 6. The lowest BCUT2D eigenvalue weighted by Gasteiger charge is -2.31. The molecule has 228 valence electrons. The second-order valence-corrected chi connectivity index (χ2v) is 11.3. The van der Waals surface area contributed by atoms with Crippen LogP contribution in [0.25, 0.3) is 0 Å². The summed E-state index contributed by atoms with van der Waals surface area (Å²) in [7, 11) is 5.47. The van der Waals surface area contributed by atoms with Crippen molar-refractivity contribution in [2.45, 2.75) is 129 Å². The number of aliphatic carboxylic acids is 1. The van der Waals surface area contributed by atoms with Gasteiger partial charge in [0.2, 0.25) is 0 Å². The molecule has 0 bridgehead atoms. The minimum Gasteiger partial charge on any atom is -0.477 e. The number of likely N-dealkylation sites (N-methyl/N-ethyl adjacent to an activating group) is 1. The quantitative estimate of drug-likeness (QED) is 0.0565. The summed E-state index contributed by atoms with van der Waals surface area (Å²) in [5.74, 6) is -1.58. The van der Waals surface area contributed by atoms with E-state index in [4.69, 9.17) is 14.2 Å². The summed E-state index contributed by atoms with van der Waals surface area (Å²) in [5, 5.41) is 9.44. The number of carbonyl (C=O) groups is 3. The third-order valence-corrected chi connectivity index (χ3v) is 6.72. The highest BCUT2D eigenvalue weighted by Crippen LogP contribution is 2.12. The maximum atomic E-state index is 12.4. The van der Waals surface area contributed by atoms with E-state index in [-0.39, 0.29) is 42.7 Å². The first kappa shape index (κ1) is 37.1. The summed E-state index contributed by atoms with van der Waals surface area (Å²) in [5.41, 5.74) is 0. The van der Waals surface area contributed by atoms with Crippen molar-refractivity contribution < 1.29 is 38.2 Å². The largest absolute Gasteiger partial charge is 0.477 e. The normalized spacial score (nSPS) is 13.4. The number of nitrogens with zero attached hydrogens (tertiary/aromatic N) is 1. The smallest absolute Gasteiger partial charge is 0.362 e. The van der Waals surface area contributed by atoms with Crippen LogP contribution in [0.4, 0.5) is 0 Å². The van der Waals surface area contributed by atoms with Crippen LogP contribution in [0.3, 0.4) is 0 Å². The van der Waals surface area contributed by atoms with Crippen LogP contribution in [0.15, 0.2) is 12.2 Å². The molecule has 0 fully saturated rings. The zero-order chi connectivity index (χ0) is 29.4. The Balaban J connectivity index is 4.12. The molecule has 0 rings (SSSR count). The lowest BCUT2D eigenvalue weighted by molar-refractivity contribution is -0.887. The Morgan fingerprint density at radius 1 is 0.769 bits per heavy atom. The molecule has 8 nitrogen and oxygen atoms in total. The summed E-state index contributed by atoms with van der Waals surface area (Å²) in [6.07, 6.45) is 20.3. The summed E-state index contributed by atoms with van der Waals surface area (Å²) in [6.45, 7) is 4.14. The molecule has 0 aromatic rings. The molecule has 0 aliphatic rings. The van der Waals surface area contributed by atoms with Crippen LogP contribution in [0.5, 0.6) is 0 Å². The standard InChI is InChI=1S/C31H57NO7/c1-6-8-9-10-11-12-13-14-15-16-17-18-19-20-21-22-30(34)39-27(26-38-29(33)7-2)25-37-24-23-28(31(35)36)32(3,4)5/h14-15,27-28H,6-13,16-26H2,1-5H3/p+1/b15-14-. The Labute approximate surface area is 238 Å². The molecule has 0 aliphatic carbocycles. The van der Waals surface area contributed by atoms with Gasteiger partial charge in [-0.2, -0.15) is 0 Å². The maximum Gasteiger partial charge on any atom is 0.362 e. The number of hydrogen-bond donors (Lipinski definition) is 1. The van der Waals surface area contributed by atoms with Crippen molar-refractivity contribution in [3.8, 4) is 0 Å². The highest BCUT2D eigenvalue weighted by Gasteiger charge is 2.31. The van der Waals surface area contributed by atoms with Crippen LogP contribution in [-0.4, -0.2) is 80.6 Å². The molecule has 0 heterocycles. The summed E-state index contributed by atoms with van der Waals surface area (Å²) >= 11 is 0. The SMILES string of the molecule is CCCCCCCC/C=C\CCCCCCCC(=O)OC(COCCC(C(=O)O)[N+](C)(C)C)COC(=O)CC. The number of ether oxygens (including phenoxy) is 3. The molecule has 0 spiro atoms. The van der Waals surface area contributed by atoms with Gasteiger partial charge in [0.25, 0.3) is 0 Å². The van der Waals surface area contributed by atoms with Gasteiger partial charge in [0.05, 0.1) is 34.4 Å². The maximum absolute atomic E-state index is 12.4. The van der Waals surface area contributed by atoms with Gasteiger partial charge in [-0.1, -0.05) is 77.4 Å². The zero-order valence-electron chi connectivity index (χ0n) is 25.6. The number of carboxylic acid groups (broad SMARTS) is 1. The second kappa shape index (κ2) is 23.9. The van der Waals surface area contributed by atoms with Gasteiger partial charge in [-0.3, -0.25) is 9.59 Å². The van der Waals surface area contributed by atoms with Crippen molar-refractivity contribution in [1.82, 2.24) is 0 Å². The van der Waals surface area contributed by atoms with E-state index in [1.54, 1.807) is 6.92 Å². The summed E-state index contributed by atoms with van der Waals surface area (Å²) in [6, 6.07) is -0.606. The van der Waals surface area contributed by atoms with E-state index < -0.39 is 18.1 Å².